The molecule has 37 valence electrons. The second-order valence-corrected chi connectivity index (χ2v) is 1.38. The Kier molecular flexibility index (Phi) is 1.13. The van der Waals surface area contributed by atoms with E-state index >= 15 is 0 Å². The Morgan fingerprint density at radius 2 is 2.57 bits per heavy atom. The lowest BCUT2D eigenvalue weighted by Gasteiger charge is -2.10. The van der Waals surface area contributed by atoms with E-state index in [2.05, 4.69) is 6.08 Å². The van der Waals surface area contributed by atoms with Crippen LogP contribution in [0, 0.1) is 6.08 Å². The number of hydrogen-bond donors (Lipinski definition) is 1. The van der Waals surface area contributed by atoms with Crippen LogP contribution in [0.25, 0.3) is 0 Å². The molecule has 0 bridgehead atoms. The smallest absolute Gasteiger partial charge is 0.0589 e. The molecule has 0 aromatic rings. The molecule has 1 rings (SSSR count). The Labute approximate surface area is 42.9 Å². The maximum absolute atomic E-state index is 5.30. The summed E-state index contributed by atoms with van der Waals surface area (Å²) in [4.78, 5) is 0. The fourth-order valence-electron chi connectivity index (χ4n) is 0.432. The molecule has 7 heavy (non-hydrogen) atoms. The molecule has 0 saturated heterocycles. The van der Waals surface area contributed by atoms with Crippen molar-refractivity contribution in [2.45, 2.75) is 0 Å². The standard InChI is InChI=1S/C5H7N2/c6-7-4-2-1-3-5-7/h1-2,4H,5-6H2. The van der Waals surface area contributed by atoms with Crippen LogP contribution in [0.15, 0.2) is 18.4 Å². The first-order valence-electron chi connectivity index (χ1n) is 2.14. The summed E-state index contributed by atoms with van der Waals surface area (Å²) < 4.78 is 0. The zero-order valence-corrected chi connectivity index (χ0v) is 3.96. The Bertz CT molecular complexity index is 105. The van der Waals surface area contributed by atoms with E-state index in [1.54, 1.807) is 11.2 Å². The van der Waals surface area contributed by atoms with Gasteiger partial charge in [-0.3, -0.25) is 0 Å². The highest BCUT2D eigenvalue weighted by atomic mass is 15.4. The van der Waals surface area contributed by atoms with E-state index in [9.17, 15) is 0 Å². The summed E-state index contributed by atoms with van der Waals surface area (Å²) in [5.74, 6) is 5.30. The quantitative estimate of drug-likeness (QED) is 0.431. The highest BCUT2D eigenvalue weighted by Gasteiger charge is 1.87. The molecule has 0 unspecified atom stereocenters. The van der Waals surface area contributed by atoms with Gasteiger partial charge in [0.1, 0.15) is 0 Å². The van der Waals surface area contributed by atoms with Crippen molar-refractivity contribution in [3.8, 4) is 0 Å². The van der Waals surface area contributed by atoms with Gasteiger partial charge in [0, 0.05) is 6.20 Å². The summed E-state index contributed by atoms with van der Waals surface area (Å²) in [6, 6.07) is 0. The van der Waals surface area contributed by atoms with Crippen LogP contribution >= 0.6 is 0 Å². The van der Waals surface area contributed by atoms with Gasteiger partial charge >= 0.3 is 0 Å². The van der Waals surface area contributed by atoms with E-state index in [4.69, 9.17) is 5.84 Å². The molecule has 0 spiro atoms. The fourth-order valence-corrected chi connectivity index (χ4v) is 0.432. The van der Waals surface area contributed by atoms with E-state index in [1.807, 2.05) is 12.2 Å². The van der Waals surface area contributed by atoms with Crippen molar-refractivity contribution in [2.75, 3.05) is 6.54 Å². The molecule has 1 aliphatic heterocycles. The molecule has 0 aliphatic carbocycles. The second kappa shape index (κ2) is 1.80. The highest BCUT2D eigenvalue weighted by Crippen LogP contribution is 1.87. The van der Waals surface area contributed by atoms with Crippen LogP contribution < -0.4 is 5.84 Å². The van der Waals surface area contributed by atoms with Gasteiger partial charge in [-0.15, -0.1) is 0 Å². The summed E-state index contributed by atoms with van der Waals surface area (Å²) in [6.07, 6.45) is 8.43. The average Bonchev–Trinajstić information content (AvgIpc) is 1.69. The molecule has 1 aliphatic rings. The first-order chi connectivity index (χ1) is 3.39. The van der Waals surface area contributed by atoms with Gasteiger partial charge in [0.2, 0.25) is 0 Å². The number of allylic oxidation sites excluding steroid dienone is 2. The second-order valence-electron chi connectivity index (χ2n) is 1.38. The fraction of sp³-hybridized carbons (Fsp3) is 0.200. The minimum atomic E-state index is 0.705. The molecule has 2 N–H and O–H groups in total. The molecule has 2 heteroatoms. The van der Waals surface area contributed by atoms with Crippen molar-refractivity contribution in [3.63, 3.8) is 0 Å². The molecule has 1 heterocycles. The molecule has 0 fully saturated rings. The SMILES string of the molecule is NN1C=CC=[C]C1. The molecular weight excluding hydrogens is 88.1 g/mol. The molecule has 1 radical (unpaired) electrons. The Morgan fingerprint density at radius 3 is 2.86 bits per heavy atom. The van der Waals surface area contributed by atoms with Crippen LogP contribution in [-0.2, 0) is 0 Å². The van der Waals surface area contributed by atoms with Crippen LogP contribution in [0.4, 0.5) is 0 Å². The zero-order valence-electron chi connectivity index (χ0n) is 3.96. The number of hydrazine groups is 1. The summed E-state index contributed by atoms with van der Waals surface area (Å²) in [7, 11) is 0. The van der Waals surface area contributed by atoms with Gasteiger partial charge in [0.15, 0.2) is 0 Å². The van der Waals surface area contributed by atoms with E-state index in [1.165, 1.54) is 0 Å². The van der Waals surface area contributed by atoms with Gasteiger partial charge in [-0.25, -0.2) is 5.84 Å². The first-order valence-corrected chi connectivity index (χ1v) is 2.14. The van der Waals surface area contributed by atoms with Crippen LogP contribution in [0.1, 0.15) is 0 Å². The third kappa shape index (κ3) is 1.05. The van der Waals surface area contributed by atoms with Crippen LogP contribution in [-0.4, -0.2) is 11.6 Å². The number of nitrogens with two attached hydrogens (primary N) is 1. The van der Waals surface area contributed by atoms with E-state index < -0.39 is 0 Å². The predicted octanol–water partition coefficient (Wildman–Crippen LogP) is 0.0488. The number of hydrogen-bond acceptors (Lipinski definition) is 2. The van der Waals surface area contributed by atoms with Gasteiger partial charge in [-0.2, -0.15) is 0 Å². The van der Waals surface area contributed by atoms with E-state index in [0.29, 0.717) is 6.54 Å². The van der Waals surface area contributed by atoms with E-state index in [0.717, 1.165) is 0 Å². The summed E-state index contributed by atoms with van der Waals surface area (Å²) in [5.41, 5.74) is 0. The Morgan fingerprint density at radius 1 is 1.71 bits per heavy atom. The van der Waals surface area contributed by atoms with Crippen molar-refractivity contribution >= 4 is 0 Å². The minimum Gasteiger partial charge on any atom is -0.314 e. The van der Waals surface area contributed by atoms with Crippen molar-refractivity contribution in [1.82, 2.24) is 5.01 Å². The lowest BCUT2D eigenvalue weighted by Crippen LogP contribution is -2.26. The number of nitrogens with zero attached hydrogens (tertiary/aromatic N) is 1. The topological polar surface area (TPSA) is 29.3 Å². The summed E-state index contributed by atoms with van der Waals surface area (Å²) in [5, 5.41) is 1.57. The third-order valence-corrected chi connectivity index (χ3v) is 0.765. The van der Waals surface area contributed by atoms with E-state index in [-0.39, 0.29) is 0 Å². The maximum Gasteiger partial charge on any atom is 0.0589 e. The lowest BCUT2D eigenvalue weighted by molar-refractivity contribution is 0.428. The van der Waals surface area contributed by atoms with Gasteiger partial charge in [0.05, 0.1) is 6.54 Å². The lowest BCUT2D eigenvalue weighted by atomic mass is 10.4. The van der Waals surface area contributed by atoms with Crippen LogP contribution in [0.5, 0.6) is 0 Å². The van der Waals surface area contributed by atoms with Gasteiger partial charge in [-0.1, -0.05) is 6.08 Å². The average molecular weight is 95.1 g/mol. The Hall–Kier alpha value is -0.760. The van der Waals surface area contributed by atoms with Crippen LogP contribution in [0.2, 0.25) is 0 Å². The largest absolute Gasteiger partial charge is 0.314 e. The molecular formula is C5H7N2. The minimum absolute atomic E-state index is 0.705. The van der Waals surface area contributed by atoms with Gasteiger partial charge in [0.25, 0.3) is 0 Å². The molecule has 0 amide bonds. The van der Waals surface area contributed by atoms with Gasteiger partial charge < -0.3 is 5.01 Å². The Balaban J connectivity index is 2.49. The molecule has 2 nitrogen and oxygen atoms in total. The summed E-state index contributed by atoms with van der Waals surface area (Å²) >= 11 is 0. The maximum atomic E-state index is 5.30. The van der Waals surface area contributed by atoms with Crippen molar-refractivity contribution in [3.05, 3.63) is 24.4 Å². The molecule has 0 aromatic heterocycles. The predicted molar refractivity (Wildman–Crippen MR) is 27.8 cm³/mol. The van der Waals surface area contributed by atoms with Crippen molar-refractivity contribution in [2.24, 2.45) is 5.84 Å². The molecule has 0 atom stereocenters. The first kappa shape index (κ1) is 4.40. The van der Waals surface area contributed by atoms with Crippen molar-refractivity contribution in [1.29, 1.82) is 0 Å². The monoisotopic (exact) mass is 95.1 g/mol. The summed E-state index contributed by atoms with van der Waals surface area (Å²) in [6.45, 7) is 0.705. The number of rotatable bonds is 0. The van der Waals surface area contributed by atoms with Crippen LogP contribution in [0.3, 0.4) is 0 Å². The normalized spacial score (nSPS) is 18.1. The zero-order chi connectivity index (χ0) is 5.11. The third-order valence-electron chi connectivity index (χ3n) is 0.765. The highest BCUT2D eigenvalue weighted by molar-refractivity contribution is 5.03. The van der Waals surface area contributed by atoms with Crippen molar-refractivity contribution < 1.29 is 0 Å². The molecule has 0 saturated carbocycles. The van der Waals surface area contributed by atoms with Gasteiger partial charge in [-0.05, 0) is 12.2 Å². The molecule has 0 aromatic carbocycles.